The van der Waals surface area contributed by atoms with Gasteiger partial charge in [-0.05, 0) is 25.5 Å². The SMILES string of the molecule is C=C/C=C\C(=C/C)NC(=O)N/C(C=C)=C/CCC. The molecule has 2 amide bonds. The van der Waals surface area contributed by atoms with Crippen molar-refractivity contribution >= 4 is 6.03 Å². The predicted molar refractivity (Wildman–Crippen MR) is 77.9 cm³/mol. The van der Waals surface area contributed by atoms with Crippen molar-refractivity contribution in [2.75, 3.05) is 0 Å². The summed E-state index contributed by atoms with van der Waals surface area (Å²) in [6.45, 7) is 11.2. The average molecular weight is 246 g/mol. The Kier molecular flexibility index (Phi) is 9.00. The van der Waals surface area contributed by atoms with Gasteiger partial charge in [0.25, 0.3) is 0 Å². The third-order valence-electron chi connectivity index (χ3n) is 2.11. The number of amides is 2. The van der Waals surface area contributed by atoms with Crippen LogP contribution < -0.4 is 10.6 Å². The molecular formula is C15H22N2O. The number of carbonyl (C=O) groups is 1. The molecule has 0 saturated heterocycles. The van der Waals surface area contributed by atoms with Crippen molar-refractivity contribution in [2.24, 2.45) is 0 Å². The molecule has 2 N–H and O–H groups in total. The van der Waals surface area contributed by atoms with Gasteiger partial charge in [0.15, 0.2) is 0 Å². The molecule has 3 nitrogen and oxygen atoms in total. The Bertz CT molecular complexity index is 376. The van der Waals surface area contributed by atoms with E-state index in [1.165, 1.54) is 0 Å². The number of carbonyl (C=O) groups excluding carboxylic acids is 1. The van der Waals surface area contributed by atoms with E-state index in [1.807, 2.05) is 19.1 Å². The molecule has 0 rings (SSSR count). The van der Waals surface area contributed by atoms with E-state index in [4.69, 9.17) is 0 Å². The molecule has 98 valence electrons. The van der Waals surface area contributed by atoms with Gasteiger partial charge in [-0.1, -0.05) is 50.8 Å². The summed E-state index contributed by atoms with van der Waals surface area (Å²) in [4.78, 5) is 11.7. The van der Waals surface area contributed by atoms with Gasteiger partial charge in [-0.15, -0.1) is 0 Å². The Labute approximate surface area is 110 Å². The van der Waals surface area contributed by atoms with E-state index >= 15 is 0 Å². The van der Waals surface area contributed by atoms with Crippen LogP contribution in [0.4, 0.5) is 4.79 Å². The monoisotopic (exact) mass is 246 g/mol. The van der Waals surface area contributed by atoms with E-state index in [1.54, 1.807) is 24.3 Å². The average Bonchev–Trinajstić information content (AvgIpc) is 2.39. The Balaban J connectivity index is 4.44. The maximum absolute atomic E-state index is 11.7. The topological polar surface area (TPSA) is 41.1 Å². The zero-order chi connectivity index (χ0) is 13.8. The molecule has 0 radical (unpaired) electrons. The molecule has 0 aromatic carbocycles. The van der Waals surface area contributed by atoms with Gasteiger partial charge in [-0.3, -0.25) is 0 Å². The molecule has 0 aromatic rings. The van der Waals surface area contributed by atoms with Crippen molar-refractivity contribution < 1.29 is 4.79 Å². The van der Waals surface area contributed by atoms with Gasteiger partial charge in [0.05, 0.1) is 0 Å². The second kappa shape index (κ2) is 10.1. The maximum Gasteiger partial charge on any atom is 0.323 e. The van der Waals surface area contributed by atoms with Crippen molar-refractivity contribution in [1.29, 1.82) is 0 Å². The van der Waals surface area contributed by atoms with Gasteiger partial charge in [-0.25, -0.2) is 4.79 Å². The number of urea groups is 1. The fourth-order valence-corrected chi connectivity index (χ4v) is 1.16. The fraction of sp³-hybridized carbons (Fsp3) is 0.267. The fourth-order valence-electron chi connectivity index (χ4n) is 1.16. The second-order valence-corrected chi connectivity index (χ2v) is 3.57. The van der Waals surface area contributed by atoms with Crippen LogP contribution in [-0.4, -0.2) is 6.03 Å². The molecule has 0 atom stereocenters. The van der Waals surface area contributed by atoms with Crippen LogP contribution in [0.15, 0.2) is 61.0 Å². The Morgan fingerprint density at radius 1 is 1.22 bits per heavy atom. The van der Waals surface area contributed by atoms with Crippen LogP contribution in [0.25, 0.3) is 0 Å². The van der Waals surface area contributed by atoms with Crippen molar-refractivity contribution in [1.82, 2.24) is 10.6 Å². The Hall–Kier alpha value is -2.03. The van der Waals surface area contributed by atoms with Crippen LogP contribution in [0.5, 0.6) is 0 Å². The van der Waals surface area contributed by atoms with E-state index < -0.39 is 0 Å². The van der Waals surface area contributed by atoms with E-state index in [0.717, 1.165) is 18.5 Å². The first-order chi connectivity index (χ1) is 8.67. The molecule has 0 fully saturated rings. The molecule has 0 aliphatic rings. The molecule has 0 aliphatic heterocycles. The first-order valence-electron chi connectivity index (χ1n) is 6.03. The minimum Gasteiger partial charge on any atom is -0.308 e. The minimum absolute atomic E-state index is 0.279. The molecule has 18 heavy (non-hydrogen) atoms. The summed E-state index contributed by atoms with van der Waals surface area (Å²) >= 11 is 0. The van der Waals surface area contributed by atoms with E-state index in [2.05, 4.69) is 30.7 Å². The van der Waals surface area contributed by atoms with Gasteiger partial charge in [0.1, 0.15) is 0 Å². The first kappa shape index (κ1) is 16.0. The van der Waals surface area contributed by atoms with Crippen LogP contribution in [0.1, 0.15) is 26.7 Å². The van der Waals surface area contributed by atoms with Gasteiger partial charge < -0.3 is 10.6 Å². The normalized spacial score (nSPS) is 12.3. The highest BCUT2D eigenvalue weighted by Crippen LogP contribution is 1.98. The van der Waals surface area contributed by atoms with Crippen LogP contribution in [0.3, 0.4) is 0 Å². The number of hydrogen-bond acceptors (Lipinski definition) is 1. The van der Waals surface area contributed by atoms with Gasteiger partial charge in [-0.2, -0.15) is 0 Å². The lowest BCUT2D eigenvalue weighted by Crippen LogP contribution is -2.33. The first-order valence-corrected chi connectivity index (χ1v) is 6.03. The number of unbranched alkanes of at least 4 members (excludes halogenated alkanes) is 1. The molecule has 0 heterocycles. The highest BCUT2D eigenvalue weighted by molar-refractivity contribution is 5.78. The molecule has 0 aliphatic carbocycles. The lowest BCUT2D eigenvalue weighted by molar-refractivity contribution is 0.246. The van der Waals surface area contributed by atoms with Crippen LogP contribution in [0, 0.1) is 0 Å². The van der Waals surface area contributed by atoms with Crippen LogP contribution in [-0.2, 0) is 0 Å². The molecular weight excluding hydrogens is 224 g/mol. The highest BCUT2D eigenvalue weighted by atomic mass is 16.2. The Morgan fingerprint density at radius 3 is 2.39 bits per heavy atom. The molecule has 3 heteroatoms. The molecule has 0 saturated carbocycles. The van der Waals surface area contributed by atoms with Crippen molar-refractivity contribution in [2.45, 2.75) is 26.7 Å². The standard InChI is InChI=1S/C15H22N2O/c1-5-9-11-13(7-3)16-15(18)17-14(8-4)12-10-6-2/h5,7-9,11-12H,1,4,6,10H2,2-3H3,(H2,16,17,18)/b11-9-,13-7+,14-12+. The van der Waals surface area contributed by atoms with E-state index in [9.17, 15) is 4.79 Å². The zero-order valence-electron chi connectivity index (χ0n) is 11.2. The van der Waals surface area contributed by atoms with Crippen LogP contribution >= 0.6 is 0 Å². The number of hydrogen-bond donors (Lipinski definition) is 2. The van der Waals surface area contributed by atoms with E-state index in [0.29, 0.717) is 5.70 Å². The minimum atomic E-state index is -0.279. The lowest BCUT2D eigenvalue weighted by atomic mass is 10.3. The maximum atomic E-state index is 11.7. The molecule has 0 bridgehead atoms. The van der Waals surface area contributed by atoms with Crippen LogP contribution in [0.2, 0.25) is 0 Å². The highest BCUT2D eigenvalue weighted by Gasteiger charge is 2.01. The van der Waals surface area contributed by atoms with Crippen molar-refractivity contribution in [3.8, 4) is 0 Å². The molecule has 0 unspecified atom stereocenters. The number of rotatable bonds is 7. The number of allylic oxidation sites excluding steroid dienone is 6. The molecule has 0 aromatic heterocycles. The smallest absolute Gasteiger partial charge is 0.308 e. The quantitative estimate of drug-likeness (QED) is 0.659. The summed E-state index contributed by atoms with van der Waals surface area (Å²) in [6.07, 6.45) is 12.5. The summed E-state index contributed by atoms with van der Waals surface area (Å²) in [5.74, 6) is 0. The molecule has 0 spiro atoms. The van der Waals surface area contributed by atoms with Gasteiger partial charge >= 0.3 is 6.03 Å². The van der Waals surface area contributed by atoms with Crippen molar-refractivity contribution in [3.05, 3.63) is 61.0 Å². The van der Waals surface area contributed by atoms with Crippen molar-refractivity contribution in [3.63, 3.8) is 0 Å². The lowest BCUT2D eigenvalue weighted by Gasteiger charge is -2.08. The summed E-state index contributed by atoms with van der Waals surface area (Å²) < 4.78 is 0. The zero-order valence-corrected chi connectivity index (χ0v) is 11.2. The predicted octanol–water partition coefficient (Wildman–Crippen LogP) is 3.80. The number of nitrogens with one attached hydrogen (secondary N) is 2. The largest absolute Gasteiger partial charge is 0.323 e. The summed E-state index contributed by atoms with van der Waals surface area (Å²) in [5.41, 5.74) is 1.43. The summed E-state index contributed by atoms with van der Waals surface area (Å²) in [6, 6.07) is -0.279. The van der Waals surface area contributed by atoms with Gasteiger partial charge in [0.2, 0.25) is 0 Å². The van der Waals surface area contributed by atoms with E-state index in [-0.39, 0.29) is 6.03 Å². The Morgan fingerprint density at radius 2 is 1.89 bits per heavy atom. The third-order valence-corrected chi connectivity index (χ3v) is 2.11. The summed E-state index contributed by atoms with van der Waals surface area (Å²) in [5, 5.41) is 5.47. The summed E-state index contributed by atoms with van der Waals surface area (Å²) in [7, 11) is 0. The van der Waals surface area contributed by atoms with Gasteiger partial charge in [0, 0.05) is 11.4 Å². The second-order valence-electron chi connectivity index (χ2n) is 3.57. The third kappa shape index (κ3) is 7.28.